The fraction of sp³-hybridized carbons (Fsp3) is 0.333. The summed E-state index contributed by atoms with van der Waals surface area (Å²) in [7, 11) is -2.42. The zero-order valence-electron chi connectivity index (χ0n) is 17.0. The summed E-state index contributed by atoms with van der Waals surface area (Å²) in [5.41, 5.74) is 0.920. The lowest BCUT2D eigenvalue weighted by Gasteiger charge is -2.31. The van der Waals surface area contributed by atoms with E-state index in [0.717, 1.165) is 5.56 Å². The van der Waals surface area contributed by atoms with Crippen LogP contribution < -0.4 is 14.8 Å². The van der Waals surface area contributed by atoms with Gasteiger partial charge in [-0.1, -0.05) is 18.2 Å². The standard InChI is InChI=1S/C21H25N3O6S/c1-29-16-3-2-4-18(11-16)31(27,28)24-19-6-5-17(30-20(19)14-25)12-21(26)23-13-15-7-9-22-10-8-15/h2-11,17,19-20,24-25H,12-14H2,1H3,(H,23,26)/t17-,19+,20+/m0/s1. The van der Waals surface area contributed by atoms with Crippen molar-refractivity contribution in [1.82, 2.24) is 15.0 Å². The van der Waals surface area contributed by atoms with E-state index in [2.05, 4.69) is 15.0 Å². The molecule has 0 unspecified atom stereocenters. The molecule has 0 saturated carbocycles. The average molecular weight is 448 g/mol. The van der Waals surface area contributed by atoms with Crippen molar-refractivity contribution in [2.24, 2.45) is 0 Å². The SMILES string of the molecule is COc1cccc(S(=O)(=O)N[C@@H]2C=C[C@@H](CC(=O)NCc3ccncc3)O[C@@H]2CO)c1. The van der Waals surface area contributed by atoms with Crippen molar-refractivity contribution in [3.63, 3.8) is 0 Å². The number of nitrogens with one attached hydrogen (secondary N) is 2. The number of hydrogen-bond acceptors (Lipinski definition) is 7. The van der Waals surface area contributed by atoms with E-state index in [-0.39, 0.29) is 17.2 Å². The molecule has 10 heteroatoms. The zero-order valence-corrected chi connectivity index (χ0v) is 17.8. The van der Waals surface area contributed by atoms with Crippen molar-refractivity contribution in [2.45, 2.75) is 36.1 Å². The normalized spacial score (nSPS) is 20.9. The fourth-order valence-corrected chi connectivity index (χ4v) is 4.34. The second-order valence-corrected chi connectivity index (χ2v) is 8.66. The second-order valence-electron chi connectivity index (χ2n) is 6.94. The van der Waals surface area contributed by atoms with Gasteiger partial charge in [0.2, 0.25) is 15.9 Å². The van der Waals surface area contributed by atoms with Gasteiger partial charge in [0.05, 0.1) is 37.2 Å². The van der Waals surface area contributed by atoms with E-state index >= 15 is 0 Å². The monoisotopic (exact) mass is 447 g/mol. The molecule has 2 heterocycles. The molecule has 1 aromatic carbocycles. The van der Waals surface area contributed by atoms with E-state index in [0.29, 0.717) is 12.3 Å². The largest absolute Gasteiger partial charge is 0.497 e. The first kappa shape index (κ1) is 22.9. The van der Waals surface area contributed by atoms with Crippen LogP contribution in [0.4, 0.5) is 0 Å². The number of hydrogen-bond donors (Lipinski definition) is 3. The molecule has 0 fully saturated rings. The van der Waals surface area contributed by atoms with Gasteiger partial charge in [0.1, 0.15) is 11.9 Å². The van der Waals surface area contributed by atoms with Gasteiger partial charge in [-0.3, -0.25) is 9.78 Å². The van der Waals surface area contributed by atoms with Crippen LogP contribution in [-0.4, -0.2) is 56.4 Å². The van der Waals surface area contributed by atoms with Crippen molar-refractivity contribution in [1.29, 1.82) is 0 Å². The van der Waals surface area contributed by atoms with Gasteiger partial charge in [0.25, 0.3) is 0 Å². The van der Waals surface area contributed by atoms with Crippen LogP contribution in [0, 0.1) is 0 Å². The summed E-state index contributed by atoms with van der Waals surface area (Å²) in [5.74, 6) is 0.188. The molecule has 0 aliphatic carbocycles. The minimum absolute atomic E-state index is 0.0366. The highest BCUT2D eigenvalue weighted by Crippen LogP contribution is 2.20. The summed E-state index contributed by atoms with van der Waals surface area (Å²) in [6, 6.07) is 8.89. The van der Waals surface area contributed by atoms with Gasteiger partial charge < -0.3 is 19.9 Å². The number of nitrogens with zero attached hydrogens (tertiary/aromatic N) is 1. The molecule has 0 saturated heterocycles. The first-order valence-electron chi connectivity index (χ1n) is 9.68. The van der Waals surface area contributed by atoms with E-state index in [1.807, 2.05) is 0 Å². The number of rotatable bonds is 9. The number of pyridine rings is 1. The Morgan fingerprint density at radius 1 is 1.23 bits per heavy atom. The van der Waals surface area contributed by atoms with E-state index in [1.165, 1.54) is 19.2 Å². The maximum absolute atomic E-state index is 12.7. The van der Waals surface area contributed by atoms with Crippen LogP contribution in [0.3, 0.4) is 0 Å². The second kappa shape index (κ2) is 10.5. The highest BCUT2D eigenvalue weighted by molar-refractivity contribution is 7.89. The number of aromatic nitrogens is 1. The number of amides is 1. The van der Waals surface area contributed by atoms with Crippen LogP contribution in [0.25, 0.3) is 0 Å². The molecule has 1 amide bonds. The molecule has 1 aromatic heterocycles. The fourth-order valence-electron chi connectivity index (χ4n) is 3.08. The summed E-state index contributed by atoms with van der Waals surface area (Å²) in [6.45, 7) is -0.0467. The lowest BCUT2D eigenvalue weighted by molar-refractivity contribution is -0.125. The predicted octanol–water partition coefficient (Wildman–Crippen LogP) is 0.759. The molecule has 0 spiro atoms. The Kier molecular flexibility index (Phi) is 7.75. The van der Waals surface area contributed by atoms with Crippen molar-refractivity contribution in [2.75, 3.05) is 13.7 Å². The van der Waals surface area contributed by atoms with Crippen molar-refractivity contribution < 1.29 is 27.8 Å². The molecule has 3 N–H and O–H groups in total. The molecule has 2 aromatic rings. The summed E-state index contributed by atoms with van der Waals surface area (Å²) in [4.78, 5) is 16.2. The lowest BCUT2D eigenvalue weighted by Crippen LogP contribution is -2.49. The molecular weight excluding hydrogens is 422 g/mol. The van der Waals surface area contributed by atoms with Gasteiger partial charge in [0, 0.05) is 25.0 Å². The van der Waals surface area contributed by atoms with Crippen LogP contribution in [0.2, 0.25) is 0 Å². The number of carbonyl (C=O) groups excluding carboxylic acids is 1. The Balaban J connectivity index is 1.60. The summed E-state index contributed by atoms with van der Waals surface area (Å²) in [6.07, 6.45) is 5.16. The van der Waals surface area contributed by atoms with Crippen LogP contribution in [0.1, 0.15) is 12.0 Å². The number of benzene rings is 1. The lowest BCUT2D eigenvalue weighted by atomic mass is 10.1. The van der Waals surface area contributed by atoms with Gasteiger partial charge >= 0.3 is 0 Å². The molecule has 3 atom stereocenters. The summed E-state index contributed by atoms with van der Waals surface area (Å²) in [5, 5.41) is 12.5. The average Bonchev–Trinajstić information content (AvgIpc) is 2.79. The number of aliphatic hydroxyl groups excluding tert-OH is 1. The van der Waals surface area contributed by atoms with Gasteiger partial charge in [-0.25, -0.2) is 13.1 Å². The van der Waals surface area contributed by atoms with Gasteiger partial charge in [-0.2, -0.15) is 0 Å². The third-order valence-electron chi connectivity index (χ3n) is 4.73. The number of sulfonamides is 1. The first-order chi connectivity index (χ1) is 14.9. The highest BCUT2D eigenvalue weighted by atomic mass is 32.2. The number of aliphatic hydroxyl groups is 1. The van der Waals surface area contributed by atoms with Crippen LogP contribution in [0.15, 0.2) is 65.8 Å². The van der Waals surface area contributed by atoms with Crippen LogP contribution >= 0.6 is 0 Å². The van der Waals surface area contributed by atoms with Gasteiger partial charge in [-0.15, -0.1) is 0 Å². The minimum Gasteiger partial charge on any atom is -0.497 e. The predicted molar refractivity (Wildman–Crippen MR) is 113 cm³/mol. The van der Waals surface area contributed by atoms with Gasteiger partial charge in [-0.05, 0) is 29.8 Å². The molecule has 0 radical (unpaired) electrons. The van der Waals surface area contributed by atoms with E-state index in [9.17, 15) is 18.3 Å². The van der Waals surface area contributed by atoms with Crippen LogP contribution in [-0.2, 0) is 26.1 Å². The molecule has 0 bridgehead atoms. The molecule has 166 valence electrons. The quantitative estimate of drug-likeness (QED) is 0.484. The van der Waals surface area contributed by atoms with Crippen LogP contribution in [0.5, 0.6) is 5.75 Å². The van der Waals surface area contributed by atoms with Crippen molar-refractivity contribution >= 4 is 15.9 Å². The van der Waals surface area contributed by atoms with E-state index < -0.39 is 34.9 Å². The summed E-state index contributed by atoms with van der Waals surface area (Å²) >= 11 is 0. The number of carbonyl (C=O) groups is 1. The molecule has 9 nitrogen and oxygen atoms in total. The maximum Gasteiger partial charge on any atom is 0.241 e. The minimum atomic E-state index is -3.87. The topological polar surface area (TPSA) is 127 Å². The van der Waals surface area contributed by atoms with Gasteiger partial charge in [0.15, 0.2) is 0 Å². The highest BCUT2D eigenvalue weighted by Gasteiger charge is 2.31. The molecule has 1 aliphatic rings. The molecule has 1 aliphatic heterocycles. The molecule has 3 rings (SSSR count). The Bertz CT molecular complexity index is 1010. The van der Waals surface area contributed by atoms with E-state index in [1.54, 1.807) is 48.8 Å². The summed E-state index contributed by atoms with van der Waals surface area (Å²) < 4.78 is 38.7. The zero-order chi connectivity index (χ0) is 22.3. The van der Waals surface area contributed by atoms with E-state index in [4.69, 9.17) is 9.47 Å². The molecular formula is C21H25N3O6S. The Morgan fingerprint density at radius 2 is 2.00 bits per heavy atom. The Morgan fingerprint density at radius 3 is 2.71 bits per heavy atom. The van der Waals surface area contributed by atoms with Crippen molar-refractivity contribution in [3.05, 3.63) is 66.5 Å². The number of ether oxygens (including phenoxy) is 2. The third-order valence-corrected chi connectivity index (χ3v) is 6.19. The third kappa shape index (κ3) is 6.34. The Hall–Kier alpha value is -2.79. The smallest absolute Gasteiger partial charge is 0.241 e. The molecule has 31 heavy (non-hydrogen) atoms. The Labute approximate surface area is 181 Å². The maximum atomic E-state index is 12.7. The first-order valence-corrected chi connectivity index (χ1v) is 11.2. The number of methoxy groups -OCH3 is 1. The van der Waals surface area contributed by atoms with Crippen molar-refractivity contribution in [3.8, 4) is 5.75 Å².